The molecule has 1 N–H and O–H groups in total. The number of piperidine rings is 1. The van der Waals surface area contributed by atoms with Crippen LogP contribution in [0.5, 0.6) is 0 Å². The fourth-order valence-electron chi connectivity index (χ4n) is 2.19. The molecular weight excluding hydrogens is 206 g/mol. The molecule has 0 amide bonds. The van der Waals surface area contributed by atoms with Crippen molar-refractivity contribution in [3.63, 3.8) is 0 Å². The third kappa shape index (κ3) is 3.11. The van der Waals surface area contributed by atoms with Crippen molar-refractivity contribution in [3.05, 3.63) is 0 Å². The topological polar surface area (TPSA) is 27.6 Å². The fourth-order valence-corrected chi connectivity index (χ4v) is 3.11. The van der Waals surface area contributed by atoms with Crippen molar-refractivity contribution >= 4 is 16.9 Å². The molecule has 0 aliphatic carbocycles. The smallest absolute Gasteiger partial charge is 0.157 e. The number of likely N-dealkylation sites (tertiary alicyclic amines) is 1. The lowest BCUT2D eigenvalue weighted by molar-refractivity contribution is 0.210. The van der Waals surface area contributed by atoms with Crippen molar-refractivity contribution in [2.45, 2.75) is 38.0 Å². The maximum Gasteiger partial charge on any atom is 0.157 e. The van der Waals surface area contributed by atoms with E-state index in [9.17, 15) is 0 Å². The first-order valence-electron chi connectivity index (χ1n) is 5.98. The summed E-state index contributed by atoms with van der Waals surface area (Å²) in [6, 6.07) is 0.621. The first kappa shape index (κ1) is 11.3. The number of nitrogens with one attached hydrogen (secondary N) is 1. The van der Waals surface area contributed by atoms with Crippen LogP contribution in [-0.2, 0) is 0 Å². The Bertz CT molecular complexity index is 242. The van der Waals surface area contributed by atoms with Gasteiger partial charge in [-0.25, -0.2) is 0 Å². The second-order valence-electron chi connectivity index (χ2n) is 4.45. The summed E-state index contributed by atoms with van der Waals surface area (Å²) in [5.41, 5.74) is 0. The monoisotopic (exact) mass is 227 g/mol. The molecule has 0 saturated carbocycles. The molecule has 0 bridgehead atoms. The predicted molar refractivity (Wildman–Crippen MR) is 67.6 cm³/mol. The van der Waals surface area contributed by atoms with Crippen LogP contribution in [0, 0.1) is 0 Å². The molecule has 2 heterocycles. The highest BCUT2D eigenvalue weighted by Crippen LogP contribution is 2.20. The molecule has 3 nitrogen and oxygen atoms in total. The molecule has 2 aliphatic heterocycles. The SMILES string of the molecule is CCN1CCCC(NC2=NCC(C)S2)C1. The van der Waals surface area contributed by atoms with E-state index in [2.05, 4.69) is 29.1 Å². The van der Waals surface area contributed by atoms with Crippen molar-refractivity contribution in [2.75, 3.05) is 26.2 Å². The van der Waals surface area contributed by atoms with Gasteiger partial charge in [0.2, 0.25) is 0 Å². The van der Waals surface area contributed by atoms with E-state index in [4.69, 9.17) is 0 Å². The van der Waals surface area contributed by atoms with Crippen molar-refractivity contribution in [1.82, 2.24) is 10.2 Å². The number of thioether (sulfide) groups is 1. The van der Waals surface area contributed by atoms with Crippen molar-refractivity contribution < 1.29 is 0 Å². The van der Waals surface area contributed by atoms with Gasteiger partial charge in [0, 0.05) is 17.8 Å². The number of aliphatic imine (C=N–C) groups is 1. The summed E-state index contributed by atoms with van der Waals surface area (Å²) in [7, 11) is 0. The standard InChI is InChI=1S/C11H21N3S/c1-3-14-6-4-5-10(8-14)13-11-12-7-9(2)15-11/h9-10H,3-8H2,1-2H3,(H,12,13). The zero-order valence-corrected chi connectivity index (χ0v) is 10.5. The molecule has 0 aromatic rings. The summed E-state index contributed by atoms with van der Waals surface area (Å²) in [4.78, 5) is 7.03. The Hall–Kier alpha value is -0.220. The lowest BCUT2D eigenvalue weighted by Crippen LogP contribution is -2.46. The van der Waals surface area contributed by atoms with Gasteiger partial charge in [-0.2, -0.15) is 0 Å². The van der Waals surface area contributed by atoms with Crippen LogP contribution >= 0.6 is 11.8 Å². The van der Waals surface area contributed by atoms with Crippen LogP contribution in [0.25, 0.3) is 0 Å². The number of likely N-dealkylation sites (N-methyl/N-ethyl adjacent to an activating group) is 1. The summed E-state index contributed by atoms with van der Waals surface area (Å²) in [6.07, 6.45) is 2.61. The van der Waals surface area contributed by atoms with Crippen LogP contribution < -0.4 is 5.32 Å². The summed E-state index contributed by atoms with van der Waals surface area (Å²) < 4.78 is 0. The minimum atomic E-state index is 0.621. The van der Waals surface area contributed by atoms with E-state index in [1.165, 1.54) is 37.6 Å². The maximum atomic E-state index is 4.51. The molecule has 2 aliphatic rings. The molecular formula is C11H21N3S. The van der Waals surface area contributed by atoms with Gasteiger partial charge in [0.1, 0.15) is 0 Å². The average molecular weight is 227 g/mol. The Kier molecular flexibility index (Phi) is 3.92. The zero-order valence-electron chi connectivity index (χ0n) is 9.70. The van der Waals surface area contributed by atoms with Gasteiger partial charge in [0.25, 0.3) is 0 Å². The lowest BCUT2D eigenvalue weighted by atomic mass is 10.1. The van der Waals surface area contributed by atoms with E-state index in [1.54, 1.807) is 0 Å². The number of hydrogen-bond donors (Lipinski definition) is 1. The van der Waals surface area contributed by atoms with Crippen LogP contribution in [0.15, 0.2) is 4.99 Å². The second-order valence-corrected chi connectivity index (χ2v) is 5.88. The Labute approximate surface area is 96.7 Å². The van der Waals surface area contributed by atoms with Crippen LogP contribution in [-0.4, -0.2) is 47.5 Å². The van der Waals surface area contributed by atoms with Gasteiger partial charge >= 0.3 is 0 Å². The molecule has 2 atom stereocenters. The van der Waals surface area contributed by atoms with Gasteiger partial charge in [-0.1, -0.05) is 25.6 Å². The maximum absolute atomic E-state index is 4.51. The quantitative estimate of drug-likeness (QED) is 0.775. The third-order valence-corrected chi connectivity index (χ3v) is 4.11. The van der Waals surface area contributed by atoms with Gasteiger partial charge in [-0.3, -0.25) is 4.99 Å². The number of nitrogens with zero attached hydrogens (tertiary/aromatic N) is 2. The molecule has 0 radical (unpaired) electrons. The summed E-state index contributed by atoms with van der Waals surface area (Å²) in [5.74, 6) is 0. The molecule has 4 heteroatoms. The minimum Gasteiger partial charge on any atom is -0.361 e. The van der Waals surface area contributed by atoms with Crippen LogP contribution in [0.2, 0.25) is 0 Å². The first-order valence-corrected chi connectivity index (χ1v) is 6.86. The van der Waals surface area contributed by atoms with Gasteiger partial charge < -0.3 is 10.2 Å². The Morgan fingerprint density at radius 3 is 3.13 bits per heavy atom. The Balaban J connectivity index is 1.79. The molecule has 0 aromatic heterocycles. The minimum absolute atomic E-state index is 0.621. The molecule has 0 aromatic carbocycles. The van der Waals surface area contributed by atoms with E-state index >= 15 is 0 Å². The van der Waals surface area contributed by atoms with E-state index in [1.807, 2.05) is 11.8 Å². The first-order chi connectivity index (χ1) is 7.28. The average Bonchev–Trinajstić information content (AvgIpc) is 2.64. The molecule has 0 spiro atoms. The zero-order chi connectivity index (χ0) is 10.7. The molecule has 86 valence electrons. The van der Waals surface area contributed by atoms with E-state index in [-0.39, 0.29) is 0 Å². The lowest BCUT2D eigenvalue weighted by Gasteiger charge is -2.32. The van der Waals surface area contributed by atoms with E-state index < -0.39 is 0 Å². The number of rotatable bonds is 2. The van der Waals surface area contributed by atoms with E-state index in [0.29, 0.717) is 11.3 Å². The van der Waals surface area contributed by atoms with Crippen LogP contribution in [0.1, 0.15) is 26.7 Å². The largest absolute Gasteiger partial charge is 0.361 e. The normalized spacial score (nSPS) is 32.8. The highest BCUT2D eigenvalue weighted by atomic mass is 32.2. The van der Waals surface area contributed by atoms with Gasteiger partial charge in [-0.15, -0.1) is 0 Å². The summed E-state index contributed by atoms with van der Waals surface area (Å²) in [5, 5.41) is 5.42. The van der Waals surface area contributed by atoms with Gasteiger partial charge in [-0.05, 0) is 25.9 Å². The molecule has 15 heavy (non-hydrogen) atoms. The van der Waals surface area contributed by atoms with Crippen molar-refractivity contribution in [2.24, 2.45) is 4.99 Å². The molecule has 1 saturated heterocycles. The predicted octanol–water partition coefficient (Wildman–Crippen LogP) is 1.55. The van der Waals surface area contributed by atoms with Crippen molar-refractivity contribution in [1.29, 1.82) is 0 Å². The van der Waals surface area contributed by atoms with Crippen LogP contribution in [0.4, 0.5) is 0 Å². The second kappa shape index (κ2) is 5.21. The summed E-state index contributed by atoms with van der Waals surface area (Å²) in [6.45, 7) is 9.09. The molecule has 2 unspecified atom stereocenters. The Morgan fingerprint density at radius 1 is 1.60 bits per heavy atom. The Morgan fingerprint density at radius 2 is 2.47 bits per heavy atom. The fraction of sp³-hybridized carbons (Fsp3) is 0.909. The number of hydrogen-bond acceptors (Lipinski definition) is 4. The van der Waals surface area contributed by atoms with Gasteiger partial charge in [0.15, 0.2) is 5.17 Å². The molecule has 2 rings (SSSR count). The van der Waals surface area contributed by atoms with E-state index in [0.717, 1.165) is 6.54 Å². The molecule has 1 fully saturated rings. The number of amidine groups is 1. The van der Waals surface area contributed by atoms with Crippen molar-refractivity contribution in [3.8, 4) is 0 Å². The highest BCUT2D eigenvalue weighted by Gasteiger charge is 2.22. The van der Waals surface area contributed by atoms with Gasteiger partial charge in [0.05, 0.1) is 6.54 Å². The van der Waals surface area contributed by atoms with Crippen LogP contribution in [0.3, 0.4) is 0 Å². The third-order valence-electron chi connectivity index (χ3n) is 3.09. The highest BCUT2D eigenvalue weighted by molar-refractivity contribution is 8.14. The summed E-state index contributed by atoms with van der Waals surface area (Å²) >= 11 is 1.89.